The Morgan fingerprint density at radius 2 is 2.28 bits per heavy atom. The van der Waals surface area contributed by atoms with Gasteiger partial charge in [0.05, 0.1) is 0 Å². The molecule has 2 aromatic rings. The van der Waals surface area contributed by atoms with Gasteiger partial charge < -0.3 is 5.32 Å². The molecule has 0 amide bonds. The molecule has 1 aromatic heterocycles. The van der Waals surface area contributed by atoms with Gasteiger partial charge in [0, 0.05) is 21.7 Å². The van der Waals surface area contributed by atoms with Crippen molar-refractivity contribution in [3.8, 4) is 0 Å². The van der Waals surface area contributed by atoms with Crippen LogP contribution in [0.1, 0.15) is 18.5 Å². The average Bonchev–Trinajstić information content (AvgIpc) is 2.88. The Balaban J connectivity index is 1.98. The standard InChI is InChI=1S/C14H16ClNS2/c1-2-16-14(11-6-7-17-9-11)10-18-13-5-3-4-12(15)8-13/h3-9,14,16H,2,10H2,1H3. The molecule has 0 spiro atoms. The fourth-order valence-corrected chi connectivity index (χ4v) is 3.75. The summed E-state index contributed by atoms with van der Waals surface area (Å²) in [7, 11) is 0. The van der Waals surface area contributed by atoms with E-state index in [0.29, 0.717) is 6.04 Å². The minimum Gasteiger partial charge on any atom is -0.309 e. The Morgan fingerprint density at radius 1 is 1.39 bits per heavy atom. The normalized spacial score (nSPS) is 12.6. The van der Waals surface area contributed by atoms with Crippen LogP contribution in [0.15, 0.2) is 46.0 Å². The lowest BCUT2D eigenvalue weighted by atomic mass is 10.2. The summed E-state index contributed by atoms with van der Waals surface area (Å²) >= 11 is 9.58. The second-order valence-electron chi connectivity index (χ2n) is 3.94. The van der Waals surface area contributed by atoms with E-state index in [0.717, 1.165) is 17.3 Å². The Morgan fingerprint density at radius 3 is 2.94 bits per heavy atom. The number of rotatable bonds is 6. The first-order valence-electron chi connectivity index (χ1n) is 5.93. The minimum atomic E-state index is 0.408. The highest BCUT2D eigenvalue weighted by Gasteiger charge is 2.11. The molecule has 96 valence electrons. The second kappa shape index (κ2) is 7.19. The lowest BCUT2D eigenvalue weighted by Gasteiger charge is -2.16. The molecule has 0 aliphatic heterocycles. The van der Waals surface area contributed by atoms with Crippen molar-refractivity contribution in [3.63, 3.8) is 0 Å². The van der Waals surface area contributed by atoms with E-state index in [2.05, 4.69) is 35.1 Å². The number of benzene rings is 1. The van der Waals surface area contributed by atoms with Crippen LogP contribution in [-0.2, 0) is 0 Å². The summed E-state index contributed by atoms with van der Waals surface area (Å²) in [4.78, 5) is 1.22. The molecule has 0 fully saturated rings. The lowest BCUT2D eigenvalue weighted by Crippen LogP contribution is -2.22. The minimum absolute atomic E-state index is 0.408. The van der Waals surface area contributed by atoms with E-state index in [1.807, 2.05) is 30.0 Å². The van der Waals surface area contributed by atoms with Crippen LogP contribution in [0, 0.1) is 0 Å². The van der Waals surface area contributed by atoms with Crippen LogP contribution in [0.2, 0.25) is 5.02 Å². The van der Waals surface area contributed by atoms with Crippen molar-refractivity contribution < 1.29 is 0 Å². The number of thioether (sulfide) groups is 1. The first-order valence-corrected chi connectivity index (χ1v) is 8.24. The van der Waals surface area contributed by atoms with Crippen molar-refractivity contribution in [2.75, 3.05) is 12.3 Å². The molecule has 1 aromatic carbocycles. The molecule has 2 rings (SSSR count). The van der Waals surface area contributed by atoms with E-state index >= 15 is 0 Å². The largest absolute Gasteiger partial charge is 0.309 e. The molecule has 1 nitrogen and oxygen atoms in total. The van der Waals surface area contributed by atoms with E-state index < -0.39 is 0 Å². The molecule has 0 aliphatic rings. The maximum absolute atomic E-state index is 5.99. The van der Waals surface area contributed by atoms with Gasteiger partial charge in [-0.25, -0.2) is 0 Å². The maximum atomic E-state index is 5.99. The number of hydrogen-bond acceptors (Lipinski definition) is 3. The summed E-state index contributed by atoms with van der Waals surface area (Å²) in [5, 5.41) is 8.67. The fourth-order valence-electron chi connectivity index (χ4n) is 1.73. The number of thiophene rings is 1. The molecule has 0 radical (unpaired) electrons. The van der Waals surface area contributed by atoms with Gasteiger partial charge in [-0.3, -0.25) is 0 Å². The van der Waals surface area contributed by atoms with Crippen LogP contribution in [0.3, 0.4) is 0 Å². The van der Waals surface area contributed by atoms with Crippen molar-refractivity contribution in [2.45, 2.75) is 17.9 Å². The van der Waals surface area contributed by atoms with Crippen LogP contribution in [0.5, 0.6) is 0 Å². The molecule has 4 heteroatoms. The predicted molar refractivity (Wildman–Crippen MR) is 82.9 cm³/mol. The smallest absolute Gasteiger partial charge is 0.0423 e. The molecule has 1 heterocycles. The topological polar surface area (TPSA) is 12.0 Å². The van der Waals surface area contributed by atoms with Crippen LogP contribution in [0.4, 0.5) is 0 Å². The molecule has 1 N–H and O–H groups in total. The van der Waals surface area contributed by atoms with Crippen LogP contribution < -0.4 is 5.32 Å². The summed E-state index contributed by atoms with van der Waals surface area (Å²) in [6.45, 7) is 3.13. The van der Waals surface area contributed by atoms with E-state index in [9.17, 15) is 0 Å². The van der Waals surface area contributed by atoms with Crippen molar-refractivity contribution in [2.24, 2.45) is 0 Å². The zero-order valence-electron chi connectivity index (χ0n) is 10.2. The van der Waals surface area contributed by atoms with Gasteiger partial charge >= 0.3 is 0 Å². The van der Waals surface area contributed by atoms with Crippen LogP contribution in [0.25, 0.3) is 0 Å². The van der Waals surface area contributed by atoms with Crippen molar-refractivity contribution >= 4 is 34.7 Å². The third-order valence-electron chi connectivity index (χ3n) is 2.61. The van der Waals surface area contributed by atoms with Gasteiger partial charge in [0.25, 0.3) is 0 Å². The van der Waals surface area contributed by atoms with Crippen LogP contribution >= 0.6 is 34.7 Å². The van der Waals surface area contributed by atoms with Gasteiger partial charge in [-0.15, -0.1) is 11.8 Å². The van der Waals surface area contributed by atoms with Gasteiger partial charge in [0.15, 0.2) is 0 Å². The summed E-state index contributed by atoms with van der Waals surface area (Å²) in [6, 6.07) is 10.6. The molecular formula is C14H16ClNS2. The Kier molecular flexibility index (Phi) is 5.57. The third kappa shape index (κ3) is 4.02. The number of halogens is 1. The monoisotopic (exact) mass is 297 g/mol. The molecule has 18 heavy (non-hydrogen) atoms. The number of nitrogens with one attached hydrogen (secondary N) is 1. The molecule has 0 saturated heterocycles. The highest BCUT2D eigenvalue weighted by atomic mass is 35.5. The highest BCUT2D eigenvalue weighted by molar-refractivity contribution is 7.99. The van der Waals surface area contributed by atoms with Crippen molar-refractivity contribution in [3.05, 3.63) is 51.7 Å². The van der Waals surface area contributed by atoms with Gasteiger partial charge in [-0.05, 0) is 47.1 Å². The zero-order chi connectivity index (χ0) is 12.8. The van der Waals surface area contributed by atoms with Crippen molar-refractivity contribution in [1.29, 1.82) is 0 Å². The quantitative estimate of drug-likeness (QED) is 0.765. The average molecular weight is 298 g/mol. The van der Waals surface area contributed by atoms with Gasteiger partial charge in [-0.2, -0.15) is 11.3 Å². The second-order valence-corrected chi connectivity index (χ2v) is 6.25. The van der Waals surface area contributed by atoms with Gasteiger partial charge in [0.2, 0.25) is 0 Å². The maximum Gasteiger partial charge on any atom is 0.0423 e. The molecule has 1 atom stereocenters. The van der Waals surface area contributed by atoms with E-state index in [-0.39, 0.29) is 0 Å². The molecule has 0 aliphatic carbocycles. The molecule has 0 bridgehead atoms. The molecule has 0 saturated carbocycles. The summed E-state index contributed by atoms with van der Waals surface area (Å²) < 4.78 is 0. The van der Waals surface area contributed by atoms with E-state index in [1.54, 1.807) is 11.3 Å². The fraction of sp³-hybridized carbons (Fsp3) is 0.286. The first-order chi connectivity index (χ1) is 8.79. The van der Waals surface area contributed by atoms with E-state index in [4.69, 9.17) is 11.6 Å². The zero-order valence-corrected chi connectivity index (χ0v) is 12.6. The summed E-state index contributed by atoms with van der Waals surface area (Å²) in [6.07, 6.45) is 0. The molecular weight excluding hydrogens is 282 g/mol. The van der Waals surface area contributed by atoms with Gasteiger partial charge in [0.1, 0.15) is 0 Å². The third-order valence-corrected chi connectivity index (χ3v) is 4.63. The van der Waals surface area contributed by atoms with Gasteiger partial charge in [-0.1, -0.05) is 24.6 Å². The van der Waals surface area contributed by atoms with Crippen LogP contribution in [-0.4, -0.2) is 12.3 Å². The summed E-state index contributed by atoms with van der Waals surface area (Å²) in [5.41, 5.74) is 1.37. The Bertz CT molecular complexity index is 470. The van der Waals surface area contributed by atoms with Crippen molar-refractivity contribution in [1.82, 2.24) is 5.32 Å². The first kappa shape index (κ1) is 13.9. The molecule has 1 unspecified atom stereocenters. The SMILES string of the molecule is CCNC(CSc1cccc(Cl)c1)c1ccsc1. The number of hydrogen-bond donors (Lipinski definition) is 1. The Hall–Kier alpha value is -0.480. The lowest BCUT2D eigenvalue weighted by molar-refractivity contribution is 0.608. The van der Waals surface area contributed by atoms with E-state index in [1.165, 1.54) is 10.5 Å². The predicted octanol–water partition coefficient (Wildman–Crippen LogP) is 4.84. The highest BCUT2D eigenvalue weighted by Crippen LogP contribution is 2.27. The Labute approximate surface area is 122 Å². The summed E-state index contributed by atoms with van der Waals surface area (Å²) in [5.74, 6) is 1.02.